The highest BCUT2D eigenvalue weighted by Crippen LogP contribution is 2.32. The molecule has 1 aliphatic heterocycles. The molecule has 1 aromatic heterocycles. The van der Waals surface area contributed by atoms with Gasteiger partial charge in [0.2, 0.25) is 0 Å². The van der Waals surface area contributed by atoms with Crippen LogP contribution in [-0.2, 0) is 24.7 Å². The number of nitrogens with zero attached hydrogens (tertiary/aromatic N) is 2. The number of halogens is 4. The summed E-state index contributed by atoms with van der Waals surface area (Å²) in [5.74, 6) is -0.431. The van der Waals surface area contributed by atoms with E-state index in [0.29, 0.717) is 39.3 Å². The van der Waals surface area contributed by atoms with E-state index in [1.54, 1.807) is 78.9 Å². The molecular formula is C40H32ClF3N4O4. The maximum Gasteiger partial charge on any atom is 0.416 e. The van der Waals surface area contributed by atoms with E-state index in [0.717, 1.165) is 22.6 Å². The molecule has 8 nitrogen and oxygen atoms in total. The summed E-state index contributed by atoms with van der Waals surface area (Å²) in [6, 6.07) is 28.1. The van der Waals surface area contributed by atoms with Gasteiger partial charge in [0.25, 0.3) is 17.7 Å². The van der Waals surface area contributed by atoms with Gasteiger partial charge in [-0.15, -0.1) is 0 Å². The molecule has 0 fully saturated rings. The summed E-state index contributed by atoms with van der Waals surface area (Å²) in [5, 5.41) is 15.7. The summed E-state index contributed by atoms with van der Waals surface area (Å²) >= 11 is 6.52. The van der Waals surface area contributed by atoms with Crippen LogP contribution in [0, 0.1) is 11.3 Å². The molecule has 12 heteroatoms. The molecule has 5 aromatic rings. The molecule has 264 valence electrons. The van der Waals surface area contributed by atoms with Crippen LogP contribution in [0.3, 0.4) is 0 Å². The first kappa shape index (κ1) is 36.1. The van der Waals surface area contributed by atoms with Gasteiger partial charge in [-0.2, -0.15) is 18.4 Å². The number of carbonyl (C=O) groups excluding carboxylic acids is 3. The molecule has 0 radical (unpaired) electrons. The number of imide groups is 1. The lowest BCUT2D eigenvalue weighted by Crippen LogP contribution is -2.47. The Kier molecular flexibility index (Phi) is 10.1. The topological polar surface area (TPSA) is 115 Å². The van der Waals surface area contributed by atoms with Crippen molar-refractivity contribution in [1.29, 1.82) is 5.26 Å². The number of amides is 3. The summed E-state index contributed by atoms with van der Waals surface area (Å²) in [6.07, 6.45) is -4.17. The van der Waals surface area contributed by atoms with Crippen molar-refractivity contribution >= 4 is 29.3 Å². The van der Waals surface area contributed by atoms with Crippen molar-refractivity contribution in [3.63, 3.8) is 0 Å². The van der Waals surface area contributed by atoms with Crippen molar-refractivity contribution in [3.05, 3.63) is 153 Å². The highest BCUT2D eigenvalue weighted by molar-refractivity contribution is 6.34. The van der Waals surface area contributed by atoms with Gasteiger partial charge >= 0.3 is 6.18 Å². The maximum atomic E-state index is 13.8. The van der Waals surface area contributed by atoms with E-state index in [-0.39, 0.29) is 30.1 Å². The van der Waals surface area contributed by atoms with E-state index in [9.17, 15) is 32.8 Å². The number of rotatable bonds is 11. The summed E-state index contributed by atoms with van der Waals surface area (Å²) in [7, 11) is 0. The molecule has 0 aliphatic carbocycles. The van der Waals surface area contributed by atoms with Crippen LogP contribution in [0.25, 0.3) is 11.3 Å². The van der Waals surface area contributed by atoms with Crippen LogP contribution in [0.15, 0.2) is 108 Å². The molecule has 1 atom stereocenters. The van der Waals surface area contributed by atoms with E-state index in [4.69, 9.17) is 16.0 Å². The Hall–Kier alpha value is -5.70. The Morgan fingerprint density at radius 2 is 1.52 bits per heavy atom. The Morgan fingerprint density at radius 1 is 0.885 bits per heavy atom. The fourth-order valence-electron chi connectivity index (χ4n) is 6.02. The molecule has 6 rings (SSSR count). The Morgan fingerprint density at radius 3 is 2.13 bits per heavy atom. The maximum absolute atomic E-state index is 13.8. The predicted molar refractivity (Wildman–Crippen MR) is 188 cm³/mol. The number of nitrogens with one attached hydrogen (secondary N) is 2. The first-order valence-corrected chi connectivity index (χ1v) is 16.7. The second-order valence-electron chi connectivity index (χ2n) is 13.0. The number of alkyl halides is 3. The monoisotopic (exact) mass is 724 g/mol. The second kappa shape index (κ2) is 14.5. The van der Waals surface area contributed by atoms with Crippen molar-refractivity contribution in [2.24, 2.45) is 0 Å². The predicted octanol–water partition coefficient (Wildman–Crippen LogP) is 8.15. The third-order valence-electron chi connectivity index (χ3n) is 8.98. The Balaban J connectivity index is 1.18. The molecule has 1 aliphatic rings. The lowest BCUT2D eigenvalue weighted by Gasteiger charge is -2.27. The van der Waals surface area contributed by atoms with Crippen LogP contribution < -0.4 is 10.6 Å². The zero-order valence-corrected chi connectivity index (χ0v) is 28.8. The van der Waals surface area contributed by atoms with E-state index in [2.05, 4.69) is 16.7 Å². The average Bonchev–Trinajstić information content (AvgIpc) is 3.70. The van der Waals surface area contributed by atoms with Gasteiger partial charge in [-0.05, 0) is 98.1 Å². The molecule has 2 N–H and O–H groups in total. The zero-order chi connectivity index (χ0) is 37.2. The molecule has 0 spiro atoms. The lowest BCUT2D eigenvalue weighted by molar-refractivity contribution is -0.137. The first-order valence-electron chi connectivity index (χ1n) is 16.3. The van der Waals surface area contributed by atoms with Crippen LogP contribution in [0.5, 0.6) is 0 Å². The number of carbonyl (C=O) groups is 3. The fourth-order valence-corrected chi connectivity index (χ4v) is 6.22. The van der Waals surface area contributed by atoms with Gasteiger partial charge < -0.3 is 15.1 Å². The number of fused-ring (bicyclic) bond motifs is 1. The lowest BCUT2D eigenvalue weighted by atomic mass is 9.93. The quantitative estimate of drug-likeness (QED) is 0.133. The molecule has 52 heavy (non-hydrogen) atoms. The SMILES string of the molecule is CC(C)(NCc1ccc(-c2ccc(Cl)c(C(=O)NC(Cc3ccc(C#N)cc3)CN3C(=O)c4ccccc4C3=O)c2)o1)c1ccc(C(F)(F)F)cc1. The van der Waals surface area contributed by atoms with Crippen molar-refractivity contribution in [2.75, 3.05) is 6.54 Å². The number of hydrogen-bond acceptors (Lipinski definition) is 6. The van der Waals surface area contributed by atoms with Crippen LogP contribution >= 0.6 is 11.6 Å². The fraction of sp³-hybridized carbons (Fsp3) is 0.200. The van der Waals surface area contributed by atoms with Gasteiger partial charge in [0, 0.05) is 17.6 Å². The van der Waals surface area contributed by atoms with Gasteiger partial charge in [-0.3, -0.25) is 19.3 Å². The summed E-state index contributed by atoms with van der Waals surface area (Å²) in [4.78, 5) is 41.3. The molecule has 2 heterocycles. The second-order valence-corrected chi connectivity index (χ2v) is 13.4. The van der Waals surface area contributed by atoms with E-state index in [1.807, 2.05) is 13.8 Å². The summed E-state index contributed by atoms with van der Waals surface area (Å²) < 4.78 is 45.2. The summed E-state index contributed by atoms with van der Waals surface area (Å²) in [5.41, 5.74) is 1.81. The minimum Gasteiger partial charge on any atom is -0.460 e. The van der Waals surface area contributed by atoms with Crippen LogP contribution in [0.1, 0.15) is 72.9 Å². The number of hydrogen-bond donors (Lipinski definition) is 2. The number of furan rings is 1. The van der Waals surface area contributed by atoms with Crippen molar-refractivity contribution in [1.82, 2.24) is 15.5 Å². The van der Waals surface area contributed by atoms with Gasteiger partial charge in [0.05, 0.1) is 51.5 Å². The van der Waals surface area contributed by atoms with Crippen LogP contribution in [-0.4, -0.2) is 35.2 Å². The molecule has 1 unspecified atom stereocenters. The first-order chi connectivity index (χ1) is 24.7. The van der Waals surface area contributed by atoms with E-state index < -0.39 is 41.0 Å². The summed E-state index contributed by atoms with van der Waals surface area (Å²) in [6.45, 7) is 3.87. The number of benzene rings is 4. The third-order valence-corrected chi connectivity index (χ3v) is 9.31. The van der Waals surface area contributed by atoms with Crippen LogP contribution in [0.2, 0.25) is 5.02 Å². The highest BCUT2D eigenvalue weighted by atomic mass is 35.5. The largest absolute Gasteiger partial charge is 0.460 e. The normalized spacial score (nSPS) is 13.5. The van der Waals surface area contributed by atoms with Crippen molar-refractivity contribution in [3.8, 4) is 17.4 Å². The zero-order valence-electron chi connectivity index (χ0n) is 28.1. The van der Waals surface area contributed by atoms with Gasteiger partial charge in [-0.25, -0.2) is 0 Å². The molecule has 0 saturated heterocycles. The minimum atomic E-state index is -4.42. The van der Waals surface area contributed by atoms with Gasteiger partial charge in [-0.1, -0.05) is 48.0 Å². The smallest absolute Gasteiger partial charge is 0.416 e. The van der Waals surface area contributed by atoms with Gasteiger partial charge in [0.15, 0.2) is 0 Å². The van der Waals surface area contributed by atoms with E-state index in [1.165, 1.54) is 12.1 Å². The van der Waals surface area contributed by atoms with Crippen molar-refractivity contribution in [2.45, 2.75) is 44.6 Å². The molecule has 4 aromatic carbocycles. The van der Waals surface area contributed by atoms with Gasteiger partial charge in [0.1, 0.15) is 11.5 Å². The van der Waals surface area contributed by atoms with Crippen LogP contribution in [0.4, 0.5) is 13.2 Å². The Bertz CT molecular complexity index is 2150. The standard InChI is InChI=1S/C40H32ClF3N4O4/c1-39(2,27-12-14-28(15-13-27)40(42,43)44)46-22-30-16-18-35(52-30)26-11-17-34(41)33(20-26)36(49)47-29(19-24-7-9-25(21-45)10-8-24)23-48-37(50)31-5-3-4-6-32(31)38(48)51/h3-18,20,29,46H,19,22-23H2,1-2H3,(H,47,49). The van der Waals surface area contributed by atoms with Crippen molar-refractivity contribution < 1.29 is 32.0 Å². The molecule has 3 amide bonds. The van der Waals surface area contributed by atoms with E-state index >= 15 is 0 Å². The highest BCUT2D eigenvalue weighted by Gasteiger charge is 2.37. The Labute approximate surface area is 302 Å². The minimum absolute atomic E-state index is 0.104. The molecule has 0 bridgehead atoms. The number of nitriles is 1. The molecular weight excluding hydrogens is 693 g/mol. The average molecular weight is 725 g/mol. The third kappa shape index (κ3) is 7.78. The molecule has 0 saturated carbocycles.